The molecule has 0 spiro atoms. The van der Waals surface area contributed by atoms with E-state index in [1.165, 1.54) is 0 Å². The van der Waals surface area contributed by atoms with Gasteiger partial charge in [0.2, 0.25) is 0 Å². The van der Waals surface area contributed by atoms with Crippen LogP contribution in [0, 0.1) is 12.3 Å². The summed E-state index contributed by atoms with van der Waals surface area (Å²) in [6.45, 7) is 8.69. The summed E-state index contributed by atoms with van der Waals surface area (Å²) in [5.74, 6) is 3.52. The molecule has 0 saturated carbocycles. The summed E-state index contributed by atoms with van der Waals surface area (Å²) < 4.78 is 0. The number of rotatable bonds is 3. The molecule has 0 aliphatic carbocycles. The number of hydrogen-bond acceptors (Lipinski definition) is 1. The Hall–Kier alpha value is -0.970. The average Bonchev–Trinajstić information content (AvgIpc) is 2.03. The predicted molar refractivity (Wildman–Crippen MR) is 49.7 cm³/mol. The predicted octanol–water partition coefficient (Wildman–Crippen LogP) is 1.38. The molecule has 0 aromatic rings. The average molecular weight is 152 g/mol. The second kappa shape index (κ2) is 5.79. The third kappa shape index (κ3) is 3.67. The minimum absolute atomic E-state index is 0.488. The van der Waals surface area contributed by atoms with Gasteiger partial charge in [0.25, 0.3) is 0 Å². The quantitative estimate of drug-likeness (QED) is 0.339. The molecular formula is C9H16N2. The van der Waals surface area contributed by atoms with Gasteiger partial charge in [-0.3, -0.25) is 4.99 Å². The second-order valence-corrected chi connectivity index (χ2v) is 2.24. The summed E-state index contributed by atoms with van der Waals surface area (Å²) >= 11 is 0. The summed E-state index contributed by atoms with van der Waals surface area (Å²) in [6, 6.07) is 0. The molecule has 0 aromatic heterocycles. The molecule has 0 radical (unpaired) electrons. The molecule has 11 heavy (non-hydrogen) atoms. The van der Waals surface area contributed by atoms with Gasteiger partial charge in [-0.25, -0.2) is 0 Å². The van der Waals surface area contributed by atoms with E-state index >= 15 is 0 Å². The van der Waals surface area contributed by atoms with Crippen molar-refractivity contribution in [3.63, 3.8) is 0 Å². The lowest BCUT2D eigenvalue weighted by Crippen LogP contribution is -2.28. The van der Waals surface area contributed by atoms with Crippen LogP contribution >= 0.6 is 0 Å². The van der Waals surface area contributed by atoms with Crippen molar-refractivity contribution >= 4 is 5.84 Å². The molecule has 0 N–H and O–H groups in total. The third-order valence-electron chi connectivity index (χ3n) is 1.62. The molecule has 0 heterocycles. The standard InChI is InChI=1S/C9H16N2/c1-5-8-10-9(4)11(6-2)7-3/h1H,6-8H2,2-4H3. The highest BCUT2D eigenvalue weighted by Gasteiger charge is 1.98. The Morgan fingerprint density at radius 2 is 2.00 bits per heavy atom. The number of terminal acetylenes is 1. The molecular weight excluding hydrogens is 136 g/mol. The van der Waals surface area contributed by atoms with E-state index in [4.69, 9.17) is 6.42 Å². The van der Waals surface area contributed by atoms with E-state index in [-0.39, 0.29) is 0 Å². The van der Waals surface area contributed by atoms with Gasteiger partial charge in [0.1, 0.15) is 6.54 Å². The summed E-state index contributed by atoms with van der Waals surface area (Å²) in [5, 5.41) is 0. The number of nitrogens with zero attached hydrogens (tertiary/aromatic N) is 2. The van der Waals surface area contributed by atoms with E-state index in [2.05, 4.69) is 29.7 Å². The minimum Gasteiger partial charge on any atom is -0.361 e. The highest BCUT2D eigenvalue weighted by molar-refractivity contribution is 5.79. The van der Waals surface area contributed by atoms with Gasteiger partial charge in [-0.2, -0.15) is 0 Å². The number of aliphatic imine (C=N–C) groups is 1. The fourth-order valence-electron chi connectivity index (χ4n) is 0.941. The Labute approximate surface area is 69.3 Å². The second-order valence-electron chi connectivity index (χ2n) is 2.24. The van der Waals surface area contributed by atoms with Crippen molar-refractivity contribution in [2.75, 3.05) is 19.6 Å². The van der Waals surface area contributed by atoms with E-state index in [9.17, 15) is 0 Å². The summed E-state index contributed by atoms with van der Waals surface area (Å²) in [7, 11) is 0. The molecule has 0 aliphatic heterocycles. The highest BCUT2D eigenvalue weighted by atomic mass is 15.2. The SMILES string of the molecule is C#CCN=C(C)N(CC)CC. The normalized spacial score (nSPS) is 10.9. The van der Waals surface area contributed by atoms with Crippen molar-refractivity contribution < 1.29 is 0 Å². The van der Waals surface area contributed by atoms with Crippen LogP contribution in [0.2, 0.25) is 0 Å². The van der Waals surface area contributed by atoms with Gasteiger partial charge in [-0.15, -0.1) is 6.42 Å². The lowest BCUT2D eigenvalue weighted by Gasteiger charge is -2.19. The highest BCUT2D eigenvalue weighted by Crippen LogP contribution is 1.90. The van der Waals surface area contributed by atoms with E-state index in [1.807, 2.05) is 6.92 Å². The van der Waals surface area contributed by atoms with E-state index in [0.717, 1.165) is 18.9 Å². The van der Waals surface area contributed by atoms with Crippen LogP contribution in [0.25, 0.3) is 0 Å². The van der Waals surface area contributed by atoms with Crippen LogP contribution in [0.3, 0.4) is 0 Å². The Balaban J connectivity index is 3.98. The monoisotopic (exact) mass is 152 g/mol. The van der Waals surface area contributed by atoms with Crippen LogP contribution in [0.15, 0.2) is 4.99 Å². The maximum absolute atomic E-state index is 5.08. The van der Waals surface area contributed by atoms with Crippen LogP contribution in [0.5, 0.6) is 0 Å². The molecule has 0 unspecified atom stereocenters. The molecule has 2 heteroatoms. The van der Waals surface area contributed by atoms with Gasteiger partial charge >= 0.3 is 0 Å². The fraction of sp³-hybridized carbons (Fsp3) is 0.667. The largest absolute Gasteiger partial charge is 0.361 e. The molecule has 0 fully saturated rings. The Kier molecular flexibility index (Phi) is 5.28. The number of amidine groups is 1. The van der Waals surface area contributed by atoms with E-state index < -0.39 is 0 Å². The first-order valence-corrected chi connectivity index (χ1v) is 3.95. The van der Waals surface area contributed by atoms with Crippen LogP contribution in [-0.4, -0.2) is 30.4 Å². The first-order valence-electron chi connectivity index (χ1n) is 3.95. The first-order chi connectivity index (χ1) is 5.26. The zero-order chi connectivity index (χ0) is 8.69. The molecule has 0 bridgehead atoms. The zero-order valence-corrected chi connectivity index (χ0v) is 7.59. The van der Waals surface area contributed by atoms with Crippen molar-refractivity contribution in [3.8, 4) is 12.3 Å². The molecule has 0 saturated heterocycles. The van der Waals surface area contributed by atoms with Crippen LogP contribution in [0.4, 0.5) is 0 Å². The molecule has 0 amide bonds. The lowest BCUT2D eigenvalue weighted by molar-refractivity contribution is 0.461. The van der Waals surface area contributed by atoms with Gasteiger partial charge in [0.05, 0.1) is 5.84 Å². The van der Waals surface area contributed by atoms with Gasteiger partial charge in [-0.1, -0.05) is 5.92 Å². The van der Waals surface area contributed by atoms with Crippen molar-refractivity contribution in [3.05, 3.63) is 0 Å². The summed E-state index contributed by atoms with van der Waals surface area (Å²) in [5.41, 5.74) is 0. The van der Waals surface area contributed by atoms with Crippen LogP contribution < -0.4 is 0 Å². The van der Waals surface area contributed by atoms with Gasteiger partial charge in [0, 0.05) is 13.1 Å². The Morgan fingerprint density at radius 3 is 2.36 bits per heavy atom. The van der Waals surface area contributed by atoms with Gasteiger partial charge < -0.3 is 4.90 Å². The van der Waals surface area contributed by atoms with Crippen LogP contribution in [0.1, 0.15) is 20.8 Å². The zero-order valence-electron chi connectivity index (χ0n) is 7.59. The maximum Gasteiger partial charge on any atom is 0.101 e. The number of hydrogen-bond donors (Lipinski definition) is 0. The maximum atomic E-state index is 5.08. The third-order valence-corrected chi connectivity index (χ3v) is 1.62. The molecule has 0 rings (SSSR count). The van der Waals surface area contributed by atoms with E-state index in [0.29, 0.717) is 6.54 Å². The fourth-order valence-corrected chi connectivity index (χ4v) is 0.941. The van der Waals surface area contributed by atoms with Crippen molar-refractivity contribution in [2.45, 2.75) is 20.8 Å². The summed E-state index contributed by atoms with van der Waals surface area (Å²) in [6.07, 6.45) is 5.08. The lowest BCUT2D eigenvalue weighted by atomic mass is 10.4. The molecule has 0 atom stereocenters. The Bertz CT molecular complexity index is 161. The first kappa shape index (κ1) is 10.0. The van der Waals surface area contributed by atoms with Crippen molar-refractivity contribution in [1.82, 2.24) is 4.90 Å². The van der Waals surface area contributed by atoms with Crippen LogP contribution in [-0.2, 0) is 0 Å². The molecule has 0 aromatic carbocycles. The Morgan fingerprint density at radius 1 is 1.45 bits per heavy atom. The smallest absolute Gasteiger partial charge is 0.101 e. The van der Waals surface area contributed by atoms with Crippen molar-refractivity contribution in [1.29, 1.82) is 0 Å². The minimum atomic E-state index is 0.488. The molecule has 0 aliphatic rings. The van der Waals surface area contributed by atoms with E-state index in [1.54, 1.807) is 0 Å². The van der Waals surface area contributed by atoms with Gasteiger partial charge in [0.15, 0.2) is 0 Å². The van der Waals surface area contributed by atoms with Crippen molar-refractivity contribution in [2.24, 2.45) is 4.99 Å². The van der Waals surface area contributed by atoms with Gasteiger partial charge in [-0.05, 0) is 20.8 Å². The molecule has 2 nitrogen and oxygen atoms in total. The topological polar surface area (TPSA) is 15.6 Å². The summed E-state index contributed by atoms with van der Waals surface area (Å²) in [4.78, 5) is 6.37. The molecule has 62 valence electrons.